The van der Waals surface area contributed by atoms with Crippen LogP contribution < -0.4 is 15.4 Å². The number of alkyl halides is 2. The Morgan fingerprint density at radius 3 is 2.61 bits per heavy atom. The Morgan fingerprint density at radius 1 is 1.35 bits per heavy atom. The fourth-order valence-corrected chi connectivity index (χ4v) is 2.07. The number of nitrogens with zero attached hydrogens (tertiary/aromatic N) is 1. The van der Waals surface area contributed by atoms with Gasteiger partial charge in [-0.3, -0.25) is 4.99 Å². The maximum Gasteiger partial charge on any atom is 0.387 e. The minimum atomic E-state index is -2.87. The van der Waals surface area contributed by atoms with E-state index >= 15 is 0 Å². The smallest absolute Gasteiger partial charge is 0.387 e. The van der Waals surface area contributed by atoms with Crippen LogP contribution in [0.25, 0.3) is 0 Å². The van der Waals surface area contributed by atoms with Crippen LogP contribution in [0.3, 0.4) is 0 Å². The summed E-state index contributed by atoms with van der Waals surface area (Å²) in [7, 11) is 3.26. The summed E-state index contributed by atoms with van der Waals surface area (Å²) in [6, 6.07) is 4.87. The average molecular weight is 394 g/mol. The van der Waals surface area contributed by atoms with Gasteiger partial charge < -0.3 is 20.1 Å². The molecule has 0 atom stereocenters. The molecule has 0 aliphatic heterocycles. The average Bonchev–Trinajstić information content (AvgIpc) is 2.49. The Kier molecular flexibility index (Phi) is 7.70. The lowest BCUT2D eigenvalue weighted by Gasteiger charge is -2.24. The Balaban J connectivity index is 2.70. The largest absolute Gasteiger partial charge is 0.434 e. The lowest BCUT2D eigenvalue weighted by atomic mass is 10.1. The molecule has 0 aliphatic rings. The first-order valence-electron chi connectivity index (χ1n) is 7.00. The van der Waals surface area contributed by atoms with Crippen LogP contribution in [0, 0.1) is 0 Å². The van der Waals surface area contributed by atoms with Gasteiger partial charge in [0.25, 0.3) is 0 Å². The lowest BCUT2D eigenvalue weighted by Crippen LogP contribution is -2.45. The standard InChI is InChI=1S/C15H22BrF2N3O2/c1-15(2,22-4)9-21-14(19-3)20-8-10-7-11(16)5-6-12(10)23-13(17)18/h5-7,13H,8-9H2,1-4H3,(H2,19,20,21). The number of methoxy groups -OCH3 is 1. The number of aliphatic imine (C=N–C) groups is 1. The van der Waals surface area contributed by atoms with Crippen LogP contribution in [0.2, 0.25) is 0 Å². The highest BCUT2D eigenvalue weighted by Gasteiger charge is 2.17. The van der Waals surface area contributed by atoms with E-state index in [2.05, 4.69) is 36.3 Å². The second kappa shape index (κ2) is 9.02. The van der Waals surface area contributed by atoms with Gasteiger partial charge in [0.2, 0.25) is 0 Å². The molecule has 0 saturated carbocycles. The Morgan fingerprint density at radius 2 is 2.04 bits per heavy atom. The van der Waals surface area contributed by atoms with Gasteiger partial charge in [0.05, 0.1) is 5.60 Å². The van der Waals surface area contributed by atoms with Gasteiger partial charge in [-0.2, -0.15) is 8.78 Å². The number of nitrogens with one attached hydrogen (secondary N) is 2. The van der Waals surface area contributed by atoms with Crippen molar-refractivity contribution in [2.24, 2.45) is 4.99 Å². The molecule has 1 aromatic carbocycles. The number of ether oxygens (including phenoxy) is 2. The number of rotatable bonds is 7. The molecule has 0 fully saturated rings. The molecule has 5 nitrogen and oxygen atoms in total. The number of benzene rings is 1. The van der Waals surface area contributed by atoms with Crippen LogP contribution in [-0.2, 0) is 11.3 Å². The number of hydrogen-bond acceptors (Lipinski definition) is 3. The molecule has 0 amide bonds. The highest BCUT2D eigenvalue weighted by atomic mass is 79.9. The van der Waals surface area contributed by atoms with Crippen molar-refractivity contribution in [1.29, 1.82) is 0 Å². The topological polar surface area (TPSA) is 54.9 Å². The number of hydrogen-bond donors (Lipinski definition) is 2. The second-order valence-corrected chi connectivity index (χ2v) is 6.29. The molecular formula is C15H22BrF2N3O2. The van der Waals surface area contributed by atoms with Crippen molar-refractivity contribution in [3.8, 4) is 5.75 Å². The fourth-order valence-electron chi connectivity index (χ4n) is 1.67. The summed E-state index contributed by atoms with van der Waals surface area (Å²) < 4.78 is 35.5. The molecule has 1 rings (SSSR count). The normalized spacial score (nSPS) is 12.4. The molecule has 130 valence electrons. The molecule has 0 aliphatic carbocycles. The van der Waals surface area contributed by atoms with Crippen LogP contribution in [0.1, 0.15) is 19.4 Å². The van der Waals surface area contributed by atoms with Crippen molar-refractivity contribution in [3.63, 3.8) is 0 Å². The third kappa shape index (κ3) is 7.13. The highest BCUT2D eigenvalue weighted by molar-refractivity contribution is 9.10. The Hall–Kier alpha value is -1.41. The summed E-state index contributed by atoms with van der Waals surface area (Å²) in [5.41, 5.74) is 0.241. The third-order valence-electron chi connectivity index (χ3n) is 3.14. The molecule has 1 aromatic rings. The summed E-state index contributed by atoms with van der Waals surface area (Å²) in [5, 5.41) is 6.18. The molecule has 0 radical (unpaired) electrons. The van der Waals surface area contributed by atoms with Crippen molar-refractivity contribution in [2.75, 3.05) is 20.7 Å². The third-order valence-corrected chi connectivity index (χ3v) is 3.64. The van der Waals surface area contributed by atoms with E-state index in [4.69, 9.17) is 4.74 Å². The van der Waals surface area contributed by atoms with Gasteiger partial charge >= 0.3 is 6.61 Å². The van der Waals surface area contributed by atoms with Crippen molar-refractivity contribution >= 4 is 21.9 Å². The van der Waals surface area contributed by atoms with Gasteiger partial charge in [0.1, 0.15) is 5.75 Å². The molecule has 2 N–H and O–H groups in total. The Bertz CT molecular complexity index is 539. The van der Waals surface area contributed by atoms with E-state index in [0.717, 1.165) is 4.47 Å². The van der Waals surface area contributed by atoms with Crippen LogP contribution in [0.5, 0.6) is 5.75 Å². The minimum Gasteiger partial charge on any atom is -0.434 e. The summed E-state index contributed by atoms with van der Waals surface area (Å²) in [4.78, 5) is 4.09. The first-order chi connectivity index (χ1) is 10.8. The zero-order valence-electron chi connectivity index (χ0n) is 13.6. The van der Waals surface area contributed by atoms with Gasteiger partial charge in [0, 0.05) is 37.3 Å². The van der Waals surface area contributed by atoms with E-state index < -0.39 is 6.61 Å². The van der Waals surface area contributed by atoms with Gasteiger partial charge in [-0.25, -0.2) is 0 Å². The molecule has 0 bridgehead atoms. The van der Waals surface area contributed by atoms with E-state index in [-0.39, 0.29) is 17.9 Å². The summed E-state index contributed by atoms with van der Waals surface area (Å²) in [6.45, 7) is 1.85. The highest BCUT2D eigenvalue weighted by Crippen LogP contribution is 2.24. The quantitative estimate of drug-likeness (QED) is 0.551. The zero-order chi connectivity index (χ0) is 17.5. The van der Waals surface area contributed by atoms with Crippen LogP contribution in [0.15, 0.2) is 27.7 Å². The van der Waals surface area contributed by atoms with E-state index in [1.807, 2.05) is 13.8 Å². The van der Waals surface area contributed by atoms with Crippen molar-refractivity contribution in [3.05, 3.63) is 28.2 Å². The molecular weight excluding hydrogens is 372 g/mol. The van der Waals surface area contributed by atoms with Crippen molar-refractivity contribution in [1.82, 2.24) is 10.6 Å². The molecule has 0 saturated heterocycles. The summed E-state index contributed by atoms with van der Waals surface area (Å²) in [5.74, 6) is 0.668. The zero-order valence-corrected chi connectivity index (χ0v) is 15.2. The SMILES string of the molecule is CN=C(NCc1cc(Br)ccc1OC(F)F)NCC(C)(C)OC. The van der Waals surface area contributed by atoms with Gasteiger partial charge in [-0.05, 0) is 32.0 Å². The van der Waals surface area contributed by atoms with E-state index in [9.17, 15) is 8.78 Å². The molecule has 0 unspecified atom stereocenters. The Labute approximate surface area is 143 Å². The van der Waals surface area contributed by atoms with E-state index in [0.29, 0.717) is 18.1 Å². The van der Waals surface area contributed by atoms with E-state index in [1.165, 1.54) is 6.07 Å². The number of halogens is 3. The second-order valence-electron chi connectivity index (χ2n) is 5.37. The predicted molar refractivity (Wildman–Crippen MR) is 90.1 cm³/mol. The van der Waals surface area contributed by atoms with E-state index in [1.54, 1.807) is 26.3 Å². The van der Waals surface area contributed by atoms with Gasteiger partial charge in [0.15, 0.2) is 5.96 Å². The first kappa shape index (κ1) is 19.6. The molecule has 0 heterocycles. The maximum atomic E-state index is 12.5. The monoisotopic (exact) mass is 393 g/mol. The first-order valence-corrected chi connectivity index (χ1v) is 7.79. The van der Waals surface area contributed by atoms with Gasteiger partial charge in [-0.1, -0.05) is 15.9 Å². The number of guanidine groups is 1. The molecule has 8 heteroatoms. The summed E-state index contributed by atoms with van der Waals surface area (Å²) >= 11 is 3.32. The fraction of sp³-hybridized carbons (Fsp3) is 0.533. The maximum absolute atomic E-state index is 12.5. The molecule has 23 heavy (non-hydrogen) atoms. The molecule has 0 aromatic heterocycles. The molecule has 0 spiro atoms. The van der Waals surface area contributed by atoms with Crippen molar-refractivity contribution < 1.29 is 18.3 Å². The van der Waals surface area contributed by atoms with Gasteiger partial charge in [-0.15, -0.1) is 0 Å². The van der Waals surface area contributed by atoms with Crippen LogP contribution >= 0.6 is 15.9 Å². The van der Waals surface area contributed by atoms with Crippen molar-refractivity contribution in [2.45, 2.75) is 32.6 Å². The lowest BCUT2D eigenvalue weighted by molar-refractivity contribution is -0.0504. The predicted octanol–water partition coefficient (Wildman–Crippen LogP) is 3.14. The van der Waals surface area contributed by atoms with Crippen LogP contribution in [-0.4, -0.2) is 38.9 Å². The summed E-state index contributed by atoms with van der Waals surface area (Å²) in [6.07, 6.45) is 0. The minimum absolute atomic E-state index is 0.128. The van der Waals surface area contributed by atoms with Crippen LogP contribution in [0.4, 0.5) is 8.78 Å².